The van der Waals surface area contributed by atoms with Gasteiger partial charge >= 0.3 is 0 Å². The number of carbonyl (C=O) groups is 1. The first kappa shape index (κ1) is 18.8. The van der Waals surface area contributed by atoms with E-state index in [9.17, 15) is 13.2 Å². The van der Waals surface area contributed by atoms with E-state index in [1.54, 1.807) is 30.4 Å². The number of aryl methyl sites for hydroxylation is 1. The smallest absolute Gasteiger partial charge is 0.222 e. The van der Waals surface area contributed by atoms with Gasteiger partial charge in [-0.05, 0) is 37.1 Å². The Labute approximate surface area is 157 Å². The van der Waals surface area contributed by atoms with Crippen LogP contribution in [0.1, 0.15) is 18.5 Å². The molecule has 140 valence electrons. The zero-order chi connectivity index (χ0) is 18.7. The summed E-state index contributed by atoms with van der Waals surface area (Å²) in [5, 5.41) is 2.87. The summed E-state index contributed by atoms with van der Waals surface area (Å²) < 4.78 is 28.3. The minimum Gasteiger partial charge on any atom is -0.497 e. The molecule has 1 aromatic carbocycles. The number of methoxy groups -OCH3 is 1. The minimum absolute atomic E-state index is 0.0360. The molecule has 26 heavy (non-hydrogen) atoms. The van der Waals surface area contributed by atoms with Crippen molar-refractivity contribution in [3.8, 4) is 16.3 Å². The SMILES string of the molecule is COc1ccc(-c2nc(CCC(=O)N(C)C3CCS(=O)(=O)C3)cs2)cc1. The molecule has 1 aromatic heterocycles. The van der Waals surface area contributed by atoms with Gasteiger partial charge in [0.05, 0.1) is 24.3 Å². The Bertz CT molecular complexity index is 875. The zero-order valence-electron chi connectivity index (χ0n) is 14.8. The fourth-order valence-corrected chi connectivity index (χ4v) is 5.62. The van der Waals surface area contributed by atoms with Gasteiger partial charge in [-0.1, -0.05) is 0 Å². The van der Waals surface area contributed by atoms with Crippen molar-refractivity contribution >= 4 is 27.1 Å². The predicted molar refractivity (Wildman–Crippen MR) is 102 cm³/mol. The van der Waals surface area contributed by atoms with Gasteiger partial charge in [-0.2, -0.15) is 0 Å². The Balaban J connectivity index is 1.56. The van der Waals surface area contributed by atoms with Crippen LogP contribution in [-0.2, 0) is 21.1 Å². The molecule has 2 aromatic rings. The summed E-state index contributed by atoms with van der Waals surface area (Å²) in [7, 11) is 0.336. The Morgan fingerprint density at radius 1 is 1.35 bits per heavy atom. The van der Waals surface area contributed by atoms with Gasteiger partial charge in [-0.3, -0.25) is 4.79 Å². The first-order valence-electron chi connectivity index (χ1n) is 8.43. The molecular formula is C18H22N2O4S2. The second kappa shape index (κ2) is 7.75. The number of thiazole rings is 1. The Morgan fingerprint density at radius 2 is 2.08 bits per heavy atom. The molecule has 1 aliphatic rings. The highest BCUT2D eigenvalue weighted by Gasteiger charge is 2.32. The van der Waals surface area contributed by atoms with E-state index in [4.69, 9.17) is 4.74 Å². The van der Waals surface area contributed by atoms with E-state index < -0.39 is 9.84 Å². The largest absolute Gasteiger partial charge is 0.497 e. The molecule has 1 unspecified atom stereocenters. The quantitative estimate of drug-likeness (QED) is 0.752. The predicted octanol–water partition coefficient (Wildman–Crippen LogP) is 2.40. The van der Waals surface area contributed by atoms with Crippen molar-refractivity contribution in [1.82, 2.24) is 9.88 Å². The molecule has 0 spiro atoms. The highest BCUT2D eigenvalue weighted by atomic mass is 32.2. The second-order valence-corrected chi connectivity index (χ2v) is 9.52. The molecule has 1 aliphatic heterocycles. The number of sulfone groups is 1. The fourth-order valence-electron chi connectivity index (χ4n) is 2.98. The van der Waals surface area contributed by atoms with Gasteiger partial charge in [0.1, 0.15) is 10.8 Å². The van der Waals surface area contributed by atoms with Crippen LogP contribution in [0.25, 0.3) is 10.6 Å². The second-order valence-electron chi connectivity index (χ2n) is 6.43. The monoisotopic (exact) mass is 394 g/mol. The number of amides is 1. The lowest BCUT2D eigenvalue weighted by atomic mass is 10.2. The normalized spacial score (nSPS) is 18.6. The highest BCUT2D eigenvalue weighted by Crippen LogP contribution is 2.26. The molecule has 6 nitrogen and oxygen atoms in total. The summed E-state index contributed by atoms with van der Waals surface area (Å²) >= 11 is 1.55. The van der Waals surface area contributed by atoms with Gasteiger partial charge in [0.2, 0.25) is 5.91 Å². The summed E-state index contributed by atoms with van der Waals surface area (Å²) in [6, 6.07) is 7.51. The van der Waals surface area contributed by atoms with Crippen molar-refractivity contribution in [2.45, 2.75) is 25.3 Å². The van der Waals surface area contributed by atoms with Crippen LogP contribution in [0.4, 0.5) is 0 Å². The standard InChI is InChI=1S/C18H22N2O4S2/c1-20(15-9-10-26(22,23)12-15)17(21)8-5-14-11-25-18(19-14)13-3-6-16(24-2)7-4-13/h3-4,6-7,11,15H,5,8-10,12H2,1-2H3. The third kappa shape index (κ3) is 4.42. The van der Waals surface area contributed by atoms with Crippen molar-refractivity contribution in [1.29, 1.82) is 0 Å². The van der Waals surface area contributed by atoms with E-state index in [1.807, 2.05) is 29.6 Å². The van der Waals surface area contributed by atoms with Crippen molar-refractivity contribution in [2.75, 3.05) is 25.7 Å². The topological polar surface area (TPSA) is 76.6 Å². The summed E-state index contributed by atoms with van der Waals surface area (Å²) in [5.74, 6) is 1.01. The van der Waals surface area contributed by atoms with Gasteiger partial charge in [-0.25, -0.2) is 13.4 Å². The lowest BCUT2D eigenvalue weighted by Gasteiger charge is -2.23. The molecule has 0 N–H and O–H groups in total. The van der Waals surface area contributed by atoms with Gasteiger partial charge in [0.15, 0.2) is 9.84 Å². The minimum atomic E-state index is -2.99. The van der Waals surface area contributed by atoms with Crippen LogP contribution < -0.4 is 4.74 Å². The number of hydrogen-bond acceptors (Lipinski definition) is 6. The van der Waals surface area contributed by atoms with Crippen LogP contribution in [0.5, 0.6) is 5.75 Å². The number of hydrogen-bond donors (Lipinski definition) is 0. The Morgan fingerprint density at radius 3 is 2.69 bits per heavy atom. The van der Waals surface area contributed by atoms with E-state index in [2.05, 4.69) is 4.98 Å². The molecule has 1 saturated heterocycles. The van der Waals surface area contributed by atoms with Crippen molar-refractivity contribution in [2.24, 2.45) is 0 Å². The number of benzene rings is 1. The average Bonchev–Trinajstić information content (AvgIpc) is 3.25. The maximum Gasteiger partial charge on any atom is 0.222 e. The molecule has 1 amide bonds. The average molecular weight is 395 g/mol. The molecule has 3 rings (SSSR count). The molecular weight excluding hydrogens is 372 g/mol. The summed E-state index contributed by atoms with van der Waals surface area (Å²) in [4.78, 5) is 18.5. The van der Waals surface area contributed by atoms with Gasteiger partial charge in [-0.15, -0.1) is 11.3 Å². The number of ether oxygens (including phenoxy) is 1. The van der Waals surface area contributed by atoms with Crippen LogP contribution in [0, 0.1) is 0 Å². The summed E-state index contributed by atoms with van der Waals surface area (Å²) in [6.07, 6.45) is 1.41. The van der Waals surface area contributed by atoms with Crippen LogP contribution in [0.3, 0.4) is 0 Å². The number of rotatable bonds is 6. The van der Waals surface area contributed by atoms with Crippen LogP contribution >= 0.6 is 11.3 Å². The van der Waals surface area contributed by atoms with Gasteiger partial charge in [0.25, 0.3) is 0 Å². The number of aromatic nitrogens is 1. The van der Waals surface area contributed by atoms with Crippen LogP contribution in [-0.4, -0.2) is 55.9 Å². The summed E-state index contributed by atoms with van der Waals surface area (Å²) in [6.45, 7) is 0. The molecule has 2 heterocycles. The number of nitrogens with zero attached hydrogens (tertiary/aromatic N) is 2. The molecule has 1 fully saturated rings. The molecule has 8 heteroatoms. The lowest BCUT2D eigenvalue weighted by Crippen LogP contribution is -2.37. The first-order valence-corrected chi connectivity index (χ1v) is 11.1. The van der Waals surface area contributed by atoms with E-state index in [0.29, 0.717) is 19.3 Å². The zero-order valence-corrected chi connectivity index (χ0v) is 16.5. The van der Waals surface area contributed by atoms with E-state index >= 15 is 0 Å². The third-order valence-electron chi connectivity index (χ3n) is 4.63. The number of carbonyl (C=O) groups excluding carboxylic acids is 1. The first-order chi connectivity index (χ1) is 12.4. The van der Waals surface area contributed by atoms with Crippen LogP contribution in [0.15, 0.2) is 29.6 Å². The van der Waals surface area contributed by atoms with Gasteiger partial charge < -0.3 is 9.64 Å². The van der Waals surface area contributed by atoms with Crippen LogP contribution in [0.2, 0.25) is 0 Å². The van der Waals surface area contributed by atoms with E-state index in [0.717, 1.165) is 22.0 Å². The van der Waals surface area contributed by atoms with Gasteiger partial charge in [0, 0.05) is 30.5 Å². The Kier molecular flexibility index (Phi) is 5.62. The Hall–Kier alpha value is -1.93. The molecule has 1 atom stereocenters. The maximum absolute atomic E-state index is 12.4. The fraction of sp³-hybridized carbons (Fsp3) is 0.444. The van der Waals surface area contributed by atoms with E-state index in [1.165, 1.54) is 0 Å². The van der Waals surface area contributed by atoms with E-state index in [-0.39, 0.29) is 23.5 Å². The third-order valence-corrected chi connectivity index (χ3v) is 7.32. The van der Waals surface area contributed by atoms with Crippen molar-refractivity contribution in [3.63, 3.8) is 0 Å². The highest BCUT2D eigenvalue weighted by molar-refractivity contribution is 7.91. The van der Waals surface area contributed by atoms with Crippen molar-refractivity contribution in [3.05, 3.63) is 35.3 Å². The molecule has 0 radical (unpaired) electrons. The molecule has 0 bridgehead atoms. The maximum atomic E-state index is 12.4. The summed E-state index contributed by atoms with van der Waals surface area (Å²) in [5.41, 5.74) is 1.89. The lowest BCUT2D eigenvalue weighted by molar-refractivity contribution is -0.131. The molecule has 0 saturated carbocycles. The molecule has 0 aliphatic carbocycles. The van der Waals surface area contributed by atoms with Crippen molar-refractivity contribution < 1.29 is 17.9 Å².